The van der Waals surface area contributed by atoms with E-state index in [1.807, 2.05) is 37.3 Å². The molecule has 5 nitrogen and oxygen atoms in total. The molecular weight excluding hydrogens is 368 g/mol. The highest BCUT2D eigenvalue weighted by Gasteiger charge is 2.17. The van der Waals surface area contributed by atoms with Gasteiger partial charge in [0.1, 0.15) is 4.21 Å². The Balaban J connectivity index is 1.91. The summed E-state index contributed by atoms with van der Waals surface area (Å²) in [5, 5.41) is 14.3. The molecule has 26 heavy (non-hydrogen) atoms. The summed E-state index contributed by atoms with van der Waals surface area (Å²) in [5.41, 5.74) is 1.35. The molecule has 3 rings (SSSR count). The van der Waals surface area contributed by atoms with Crippen molar-refractivity contribution >= 4 is 32.9 Å². The Morgan fingerprint density at radius 3 is 2.42 bits per heavy atom. The molecule has 0 bridgehead atoms. The molecule has 134 valence electrons. The van der Waals surface area contributed by atoms with Gasteiger partial charge >= 0.3 is 0 Å². The summed E-state index contributed by atoms with van der Waals surface area (Å²) in [4.78, 5) is 4.20. The van der Waals surface area contributed by atoms with Crippen molar-refractivity contribution in [1.29, 1.82) is 0 Å². The molecule has 0 saturated heterocycles. The van der Waals surface area contributed by atoms with Crippen molar-refractivity contribution in [2.45, 2.75) is 17.2 Å². The molecule has 0 fully saturated rings. The minimum Gasteiger partial charge on any atom is -0.858 e. The van der Waals surface area contributed by atoms with E-state index in [1.54, 1.807) is 35.7 Å². The summed E-state index contributed by atoms with van der Waals surface area (Å²) >= 11 is 1.11. The van der Waals surface area contributed by atoms with Crippen molar-refractivity contribution in [2.75, 3.05) is 4.72 Å². The Morgan fingerprint density at radius 2 is 1.73 bits per heavy atom. The smallest absolute Gasteiger partial charge is 0.271 e. The molecule has 7 heteroatoms. The third-order valence-corrected chi connectivity index (χ3v) is 6.52. The van der Waals surface area contributed by atoms with Crippen LogP contribution in [0.5, 0.6) is 0 Å². The van der Waals surface area contributed by atoms with Crippen molar-refractivity contribution in [1.82, 2.24) is 0 Å². The number of hydrogen-bond donors (Lipinski definition) is 1. The molecule has 3 aromatic rings. The number of sulfonamides is 1. The second-order valence-corrected chi connectivity index (χ2v) is 8.46. The van der Waals surface area contributed by atoms with Crippen LogP contribution in [0, 0.1) is 0 Å². The van der Waals surface area contributed by atoms with Gasteiger partial charge in [0, 0.05) is 5.56 Å². The van der Waals surface area contributed by atoms with Crippen molar-refractivity contribution in [3.05, 3.63) is 83.2 Å². The molecule has 0 radical (unpaired) electrons. The summed E-state index contributed by atoms with van der Waals surface area (Å²) in [6.07, 6.45) is 0. The van der Waals surface area contributed by atoms with Crippen molar-refractivity contribution in [2.24, 2.45) is 4.99 Å². The zero-order valence-corrected chi connectivity index (χ0v) is 15.6. The van der Waals surface area contributed by atoms with E-state index in [0.29, 0.717) is 0 Å². The van der Waals surface area contributed by atoms with Crippen LogP contribution in [0.3, 0.4) is 0 Å². The Morgan fingerprint density at radius 1 is 1.04 bits per heavy atom. The van der Waals surface area contributed by atoms with Gasteiger partial charge in [0.2, 0.25) is 0 Å². The first-order valence-electron chi connectivity index (χ1n) is 7.93. The van der Waals surface area contributed by atoms with E-state index in [0.717, 1.165) is 16.9 Å². The van der Waals surface area contributed by atoms with Crippen LogP contribution in [-0.2, 0) is 10.0 Å². The lowest BCUT2D eigenvalue weighted by molar-refractivity contribution is -0.213. The molecule has 0 aliphatic rings. The van der Waals surface area contributed by atoms with Gasteiger partial charge in [0.05, 0.1) is 11.7 Å². The molecule has 0 aliphatic heterocycles. The van der Waals surface area contributed by atoms with E-state index >= 15 is 0 Å². The predicted octanol–water partition coefficient (Wildman–Crippen LogP) is 3.42. The highest BCUT2D eigenvalue weighted by Crippen LogP contribution is 2.24. The largest absolute Gasteiger partial charge is 0.858 e. The first-order valence-corrected chi connectivity index (χ1v) is 10.3. The Hall–Kier alpha value is -2.64. The predicted molar refractivity (Wildman–Crippen MR) is 103 cm³/mol. The summed E-state index contributed by atoms with van der Waals surface area (Å²) < 4.78 is 27.6. The van der Waals surface area contributed by atoms with Crippen LogP contribution < -0.4 is 9.83 Å². The third kappa shape index (κ3) is 4.12. The van der Waals surface area contributed by atoms with Gasteiger partial charge in [-0.05, 0) is 35.9 Å². The van der Waals surface area contributed by atoms with Crippen LogP contribution in [0.4, 0.5) is 5.69 Å². The van der Waals surface area contributed by atoms with Crippen LogP contribution in [-0.4, -0.2) is 14.3 Å². The summed E-state index contributed by atoms with van der Waals surface area (Å²) in [6, 6.07) is 18.8. The molecule has 0 aliphatic carbocycles. The molecule has 1 heterocycles. The minimum atomic E-state index is -3.73. The minimum absolute atomic E-state index is 0.189. The molecule has 1 N–H and O–H groups in total. The van der Waals surface area contributed by atoms with E-state index in [9.17, 15) is 13.5 Å². The van der Waals surface area contributed by atoms with Gasteiger partial charge in [0.15, 0.2) is 0 Å². The molecule has 2 aromatic carbocycles. The van der Waals surface area contributed by atoms with Gasteiger partial charge in [-0.25, -0.2) is 8.42 Å². The average molecular weight is 385 g/mol. The summed E-state index contributed by atoms with van der Waals surface area (Å²) in [7, 11) is -3.73. The van der Waals surface area contributed by atoms with Crippen molar-refractivity contribution in [3.63, 3.8) is 0 Å². The first-order chi connectivity index (χ1) is 12.5. The monoisotopic (exact) mass is 385 g/mol. The number of hydrogen-bond acceptors (Lipinski definition) is 5. The van der Waals surface area contributed by atoms with E-state index in [1.165, 1.54) is 6.07 Å². The number of para-hydroxylation sites is 1. The van der Waals surface area contributed by atoms with E-state index in [2.05, 4.69) is 9.71 Å². The van der Waals surface area contributed by atoms with Crippen LogP contribution in [0.25, 0.3) is 0 Å². The highest BCUT2D eigenvalue weighted by atomic mass is 32.2. The number of nitrogens with zero attached hydrogens (tertiary/aromatic N) is 1. The molecule has 1 aromatic heterocycles. The lowest BCUT2D eigenvalue weighted by Gasteiger charge is -2.19. The fraction of sp³-hybridized carbons (Fsp3) is 0.105. The van der Waals surface area contributed by atoms with Gasteiger partial charge in [-0.1, -0.05) is 54.6 Å². The average Bonchev–Trinajstić information content (AvgIpc) is 3.18. The second-order valence-electron chi connectivity index (χ2n) is 5.60. The van der Waals surface area contributed by atoms with Gasteiger partial charge in [-0.2, -0.15) is 0 Å². The highest BCUT2D eigenvalue weighted by molar-refractivity contribution is 7.94. The molecule has 1 atom stereocenters. The Labute approximate surface area is 156 Å². The van der Waals surface area contributed by atoms with Crippen LogP contribution in [0.15, 0.2) is 81.3 Å². The van der Waals surface area contributed by atoms with Gasteiger partial charge < -0.3 is 5.11 Å². The molecule has 0 spiro atoms. The van der Waals surface area contributed by atoms with E-state index in [4.69, 9.17) is 0 Å². The van der Waals surface area contributed by atoms with Gasteiger partial charge in [-0.15, -0.1) is 11.3 Å². The number of anilines is 1. The Kier molecular flexibility index (Phi) is 5.39. The normalized spacial score (nSPS) is 13.3. The topological polar surface area (TPSA) is 81.6 Å². The maximum Gasteiger partial charge on any atom is 0.271 e. The summed E-state index contributed by atoms with van der Waals surface area (Å²) in [6.45, 7) is 1.83. The van der Waals surface area contributed by atoms with Crippen LogP contribution in [0.1, 0.15) is 24.1 Å². The second kappa shape index (κ2) is 7.72. The lowest BCUT2D eigenvalue weighted by atomic mass is 10.1. The zero-order chi connectivity index (χ0) is 18.6. The number of nitrogens with one attached hydrogen (secondary N) is 1. The fourth-order valence-electron chi connectivity index (χ4n) is 2.42. The fourth-order valence-corrected chi connectivity index (χ4v) is 4.49. The van der Waals surface area contributed by atoms with Gasteiger partial charge in [0.25, 0.3) is 10.0 Å². The van der Waals surface area contributed by atoms with E-state index in [-0.39, 0.29) is 21.5 Å². The van der Waals surface area contributed by atoms with Crippen LogP contribution in [0.2, 0.25) is 0 Å². The first kappa shape index (κ1) is 18.2. The SMILES string of the molecule is C[C@@H](N=C([O-])c1ccccc1NS(=O)(=O)c1cccs1)c1ccccc1. The number of rotatable bonds is 6. The van der Waals surface area contributed by atoms with Crippen molar-refractivity contribution < 1.29 is 13.5 Å². The number of benzene rings is 2. The molecule has 0 amide bonds. The third-order valence-electron chi connectivity index (χ3n) is 3.75. The van der Waals surface area contributed by atoms with E-state index < -0.39 is 15.9 Å². The lowest BCUT2D eigenvalue weighted by Crippen LogP contribution is -2.23. The zero-order valence-electron chi connectivity index (χ0n) is 14.0. The molecule has 0 unspecified atom stereocenters. The van der Waals surface area contributed by atoms with Crippen LogP contribution >= 0.6 is 11.3 Å². The standard InChI is InChI=1S/C19H18N2O3S2/c1-14(15-8-3-2-4-9-15)20-19(22)16-10-5-6-11-17(16)21-26(23,24)18-12-7-13-25-18/h2-14,21H,1H3,(H,20,22)/p-1/t14-/m1/s1. The quantitative estimate of drug-likeness (QED) is 0.521. The molecule has 0 saturated carbocycles. The Bertz CT molecular complexity index is 998. The van der Waals surface area contributed by atoms with Crippen molar-refractivity contribution in [3.8, 4) is 0 Å². The number of thiophene rings is 1. The number of aliphatic imine (C=N–C) groups is 1. The maximum atomic E-state index is 12.6. The summed E-state index contributed by atoms with van der Waals surface area (Å²) in [5.74, 6) is -0.467. The maximum absolute atomic E-state index is 12.6. The molecular formula is C19H17N2O3S2-. The van der Waals surface area contributed by atoms with Gasteiger partial charge in [-0.3, -0.25) is 9.71 Å².